The van der Waals surface area contributed by atoms with Gasteiger partial charge in [-0.1, -0.05) is 6.07 Å². The second-order valence-corrected chi connectivity index (χ2v) is 10.6. The topological polar surface area (TPSA) is 155 Å². The lowest BCUT2D eigenvalue weighted by molar-refractivity contribution is -0.00197. The third-order valence-corrected chi connectivity index (χ3v) is 8.25. The van der Waals surface area contributed by atoms with Crippen LogP contribution in [0.2, 0.25) is 0 Å². The highest BCUT2D eigenvalue weighted by molar-refractivity contribution is 5.55. The summed E-state index contributed by atoms with van der Waals surface area (Å²) in [6, 6.07) is 11.4. The summed E-state index contributed by atoms with van der Waals surface area (Å²) in [5.74, 6) is 1.47. The Kier molecular flexibility index (Phi) is 9.45. The number of methoxy groups -OCH3 is 5. The van der Waals surface area contributed by atoms with Crippen molar-refractivity contribution in [1.29, 1.82) is 0 Å². The molecule has 2 heterocycles. The second kappa shape index (κ2) is 13.3. The van der Waals surface area contributed by atoms with Gasteiger partial charge in [0.05, 0.1) is 67.6 Å². The number of benzene rings is 3. The predicted molar refractivity (Wildman–Crippen MR) is 156 cm³/mol. The Hall–Kier alpha value is -4.10. The van der Waals surface area contributed by atoms with Gasteiger partial charge in [-0.15, -0.1) is 0 Å². The molecule has 0 spiro atoms. The molecule has 12 heteroatoms. The first-order chi connectivity index (χ1) is 21.3. The zero-order valence-corrected chi connectivity index (χ0v) is 25.2. The number of aromatic hydroxyl groups is 2. The molecule has 44 heavy (non-hydrogen) atoms. The van der Waals surface area contributed by atoms with E-state index in [1.807, 2.05) is 0 Å². The Morgan fingerprint density at radius 1 is 0.705 bits per heavy atom. The summed E-state index contributed by atoms with van der Waals surface area (Å²) in [6.45, 7) is 0.339. The molecule has 2 saturated heterocycles. The smallest absolute Gasteiger partial charge is 0.204 e. The van der Waals surface area contributed by atoms with Gasteiger partial charge in [-0.2, -0.15) is 0 Å². The van der Waals surface area contributed by atoms with Crippen molar-refractivity contribution in [2.45, 2.75) is 24.4 Å². The fraction of sp³-hybridized carbons (Fsp3) is 0.438. The van der Waals surface area contributed by atoms with Crippen molar-refractivity contribution < 1.29 is 58.3 Å². The highest BCUT2D eigenvalue weighted by atomic mass is 16.6. The van der Waals surface area contributed by atoms with Crippen LogP contribution in [0.25, 0.3) is 0 Å². The predicted octanol–water partition coefficient (Wildman–Crippen LogP) is 3.69. The van der Waals surface area contributed by atoms with Crippen molar-refractivity contribution in [3.8, 4) is 46.0 Å². The number of aliphatic hydroxyl groups excluding tert-OH is 2. The molecule has 3 aromatic carbocycles. The molecule has 5 rings (SSSR count). The lowest BCUT2D eigenvalue weighted by Crippen LogP contribution is -2.29. The van der Waals surface area contributed by atoms with Crippen LogP contribution in [0.4, 0.5) is 0 Å². The number of hydrogen-bond acceptors (Lipinski definition) is 12. The summed E-state index contributed by atoms with van der Waals surface area (Å²) in [4.78, 5) is 0. The molecule has 0 unspecified atom stereocenters. The van der Waals surface area contributed by atoms with E-state index in [0.717, 1.165) is 11.1 Å². The molecule has 4 N–H and O–H groups in total. The highest BCUT2D eigenvalue weighted by Crippen LogP contribution is 2.53. The minimum Gasteiger partial charge on any atom is -0.504 e. The summed E-state index contributed by atoms with van der Waals surface area (Å²) >= 11 is 0. The van der Waals surface area contributed by atoms with Gasteiger partial charge in [-0.3, -0.25) is 0 Å². The van der Waals surface area contributed by atoms with Crippen LogP contribution >= 0.6 is 0 Å². The summed E-state index contributed by atoms with van der Waals surface area (Å²) in [5.41, 5.74) is 1.97. The van der Waals surface area contributed by atoms with Gasteiger partial charge in [0.25, 0.3) is 0 Å². The molecule has 0 bridgehead atoms. The normalized spacial score (nSPS) is 22.2. The molecule has 0 amide bonds. The van der Waals surface area contributed by atoms with Crippen molar-refractivity contribution >= 4 is 0 Å². The van der Waals surface area contributed by atoms with Gasteiger partial charge in [-0.25, -0.2) is 0 Å². The van der Waals surface area contributed by atoms with Crippen LogP contribution in [0.3, 0.4) is 0 Å². The molecule has 2 aliphatic rings. The Morgan fingerprint density at radius 3 is 1.64 bits per heavy atom. The molecule has 12 nitrogen and oxygen atoms in total. The van der Waals surface area contributed by atoms with Gasteiger partial charge in [0.15, 0.2) is 40.6 Å². The average molecular weight is 615 g/mol. The number of rotatable bonds is 12. The van der Waals surface area contributed by atoms with Gasteiger partial charge in [0.1, 0.15) is 6.10 Å². The Morgan fingerprint density at radius 2 is 1.18 bits per heavy atom. The number of phenols is 2. The number of phenolic OH excluding ortho intramolecular Hbond substituents is 2. The first kappa shape index (κ1) is 31.3. The number of ether oxygens (including phenoxy) is 8. The van der Waals surface area contributed by atoms with Crippen LogP contribution in [-0.2, 0) is 9.47 Å². The van der Waals surface area contributed by atoms with E-state index in [4.69, 9.17) is 37.9 Å². The third-order valence-electron chi connectivity index (χ3n) is 8.25. The van der Waals surface area contributed by atoms with Gasteiger partial charge in [-0.05, 0) is 53.1 Å². The maximum Gasteiger partial charge on any atom is 0.204 e. The summed E-state index contributed by atoms with van der Waals surface area (Å²) < 4.78 is 45.8. The minimum atomic E-state index is -1.27. The molecule has 0 radical (unpaired) electrons. The van der Waals surface area contributed by atoms with E-state index in [9.17, 15) is 20.4 Å². The quantitative estimate of drug-likeness (QED) is 0.235. The largest absolute Gasteiger partial charge is 0.504 e. The Balaban J connectivity index is 1.40. The van der Waals surface area contributed by atoms with Crippen molar-refractivity contribution in [3.05, 3.63) is 59.2 Å². The van der Waals surface area contributed by atoms with Crippen molar-refractivity contribution in [1.82, 2.24) is 0 Å². The van der Waals surface area contributed by atoms with Crippen LogP contribution in [0.1, 0.15) is 35.0 Å². The standard InChI is InChI=1S/C32H38O12/c1-37-22-8-16(6-7-21(22)34)28(35)27(13-33)44-32-25(40-4)11-18(12-26(32)41-5)31-20-15-42-30(19(20)14-43-31)17-9-23(38-2)29(36)24(10-17)39-3/h6-12,19-20,27-28,30-31,33-36H,13-15H2,1-5H3/t19-,20-,27+,28-,30+,31+/m0/s1. The van der Waals surface area contributed by atoms with E-state index < -0.39 is 18.8 Å². The van der Waals surface area contributed by atoms with E-state index in [0.29, 0.717) is 41.8 Å². The SMILES string of the molecule is COc1cc([C@H](O)[C@@H](CO)Oc2c(OC)cc([C@H]3OC[C@H]4[C@@H]3CO[C@@H]4c3cc(OC)c(O)c(OC)c3)cc2OC)ccc1O. The van der Waals surface area contributed by atoms with E-state index in [-0.39, 0.29) is 47.0 Å². The molecule has 3 aromatic rings. The fourth-order valence-electron chi connectivity index (χ4n) is 5.94. The first-order valence-electron chi connectivity index (χ1n) is 14.0. The van der Waals surface area contributed by atoms with E-state index in [1.54, 1.807) is 24.3 Å². The zero-order chi connectivity index (χ0) is 31.5. The summed E-state index contributed by atoms with van der Waals surface area (Å²) in [7, 11) is 7.33. The lowest BCUT2D eigenvalue weighted by atomic mass is 9.84. The molecule has 0 saturated carbocycles. The van der Waals surface area contributed by atoms with Crippen LogP contribution in [0.5, 0.6) is 46.0 Å². The molecular formula is C32H38O12. The molecule has 6 atom stereocenters. The number of fused-ring (bicyclic) bond motifs is 1. The van der Waals surface area contributed by atoms with Gasteiger partial charge >= 0.3 is 0 Å². The molecule has 0 aromatic heterocycles. The van der Waals surface area contributed by atoms with Crippen LogP contribution < -0.4 is 28.4 Å². The molecular weight excluding hydrogens is 576 g/mol. The average Bonchev–Trinajstić information content (AvgIpc) is 3.66. The maximum atomic E-state index is 11.0. The Bertz CT molecular complexity index is 1410. The van der Waals surface area contributed by atoms with Crippen molar-refractivity contribution in [2.24, 2.45) is 11.8 Å². The molecule has 2 aliphatic heterocycles. The van der Waals surface area contributed by atoms with E-state index in [2.05, 4.69) is 0 Å². The van der Waals surface area contributed by atoms with Gasteiger partial charge in [0.2, 0.25) is 11.5 Å². The van der Waals surface area contributed by atoms with Gasteiger partial charge < -0.3 is 58.3 Å². The first-order valence-corrected chi connectivity index (χ1v) is 14.0. The third kappa shape index (κ3) is 5.73. The minimum absolute atomic E-state index is 0.00321. The second-order valence-electron chi connectivity index (χ2n) is 10.6. The van der Waals surface area contributed by atoms with Crippen LogP contribution in [0.15, 0.2) is 42.5 Å². The van der Waals surface area contributed by atoms with Crippen LogP contribution in [-0.4, -0.2) is 81.9 Å². The molecule has 2 fully saturated rings. The van der Waals surface area contributed by atoms with Crippen molar-refractivity contribution in [2.75, 3.05) is 55.4 Å². The molecule has 0 aliphatic carbocycles. The van der Waals surface area contributed by atoms with Gasteiger partial charge in [0, 0.05) is 11.8 Å². The summed E-state index contributed by atoms with van der Waals surface area (Å²) in [6.07, 6.45) is -3.02. The lowest BCUT2D eigenvalue weighted by Gasteiger charge is -2.26. The fourth-order valence-corrected chi connectivity index (χ4v) is 5.94. The highest BCUT2D eigenvalue weighted by Gasteiger charge is 2.48. The zero-order valence-electron chi connectivity index (χ0n) is 25.2. The van der Waals surface area contributed by atoms with E-state index in [1.165, 1.54) is 53.7 Å². The number of aliphatic hydroxyl groups is 2. The van der Waals surface area contributed by atoms with E-state index >= 15 is 0 Å². The molecule has 238 valence electrons. The summed E-state index contributed by atoms with van der Waals surface area (Å²) in [5, 5.41) is 41.5. The number of hydrogen-bond donors (Lipinski definition) is 4. The van der Waals surface area contributed by atoms with Crippen molar-refractivity contribution in [3.63, 3.8) is 0 Å². The monoisotopic (exact) mass is 614 g/mol. The Labute approximate surface area is 255 Å². The van der Waals surface area contributed by atoms with Crippen LogP contribution in [0, 0.1) is 11.8 Å². The maximum absolute atomic E-state index is 11.0.